The van der Waals surface area contributed by atoms with Gasteiger partial charge in [-0.3, -0.25) is 4.90 Å². The van der Waals surface area contributed by atoms with Gasteiger partial charge < -0.3 is 9.73 Å². The molecule has 5 heteroatoms. The van der Waals surface area contributed by atoms with Gasteiger partial charge in [-0.05, 0) is 68.5 Å². The van der Waals surface area contributed by atoms with E-state index in [1.54, 1.807) is 0 Å². The van der Waals surface area contributed by atoms with E-state index >= 15 is 0 Å². The van der Waals surface area contributed by atoms with E-state index in [4.69, 9.17) is 4.42 Å². The van der Waals surface area contributed by atoms with Crippen LogP contribution in [0, 0.1) is 12.3 Å². The molecule has 1 N–H and O–H groups in total. The zero-order chi connectivity index (χ0) is 15.7. The fraction of sp³-hybridized carbons (Fsp3) is 0.500. The second-order valence-electron chi connectivity index (χ2n) is 7.35. The number of nitrogens with zero attached hydrogens (tertiary/aromatic N) is 1. The van der Waals surface area contributed by atoms with Crippen molar-refractivity contribution in [3.63, 3.8) is 0 Å². The van der Waals surface area contributed by atoms with Crippen molar-refractivity contribution in [1.29, 1.82) is 0 Å². The molecule has 3 nitrogen and oxygen atoms in total. The normalized spacial score (nSPS) is 23.2. The Bertz CT molecular complexity index is 680. The summed E-state index contributed by atoms with van der Waals surface area (Å²) in [6.07, 6.45) is 4.07. The number of piperidine rings is 1. The van der Waals surface area contributed by atoms with E-state index in [2.05, 4.69) is 40.5 Å². The van der Waals surface area contributed by atoms with Gasteiger partial charge in [0.1, 0.15) is 11.5 Å². The zero-order valence-corrected chi connectivity index (χ0v) is 16.4. The topological polar surface area (TPSA) is 28.4 Å². The van der Waals surface area contributed by atoms with Crippen LogP contribution in [0.5, 0.6) is 0 Å². The second kappa shape index (κ2) is 8.59. The molecule has 0 aliphatic carbocycles. The molecule has 138 valence electrons. The first-order valence-corrected chi connectivity index (χ1v) is 8.81. The van der Waals surface area contributed by atoms with Crippen LogP contribution in [0.3, 0.4) is 0 Å². The van der Waals surface area contributed by atoms with Gasteiger partial charge in [-0.2, -0.15) is 0 Å². The highest BCUT2D eigenvalue weighted by atomic mass is 35.5. The van der Waals surface area contributed by atoms with E-state index in [-0.39, 0.29) is 24.8 Å². The van der Waals surface area contributed by atoms with E-state index in [0.717, 1.165) is 18.1 Å². The number of hydrogen-bond acceptors (Lipinski definition) is 3. The van der Waals surface area contributed by atoms with Crippen molar-refractivity contribution in [2.45, 2.75) is 32.7 Å². The summed E-state index contributed by atoms with van der Waals surface area (Å²) in [5, 5.41) is 3.56. The molecule has 3 heterocycles. The van der Waals surface area contributed by atoms with Gasteiger partial charge in [0.05, 0.1) is 0 Å². The molecule has 2 aliphatic heterocycles. The molecule has 1 unspecified atom stereocenters. The van der Waals surface area contributed by atoms with Gasteiger partial charge in [0.2, 0.25) is 0 Å². The average Bonchev–Trinajstić information content (AvgIpc) is 3.17. The van der Waals surface area contributed by atoms with E-state index in [0.29, 0.717) is 5.41 Å². The van der Waals surface area contributed by atoms with Crippen LogP contribution in [0.1, 0.15) is 30.6 Å². The number of likely N-dealkylation sites (tertiary alicyclic amines) is 1. The standard InChI is InChI=1S/C20H26N2O.2ClH/c1-16-6-7-19(23-16)18-5-2-4-17(12-18)13-22-11-3-8-20(15-22)9-10-21-14-20;;/h2,4-7,12,21H,3,8-11,13-15H2,1H3;2*1H. The van der Waals surface area contributed by atoms with Crippen LogP contribution in [-0.2, 0) is 6.54 Å². The number of aryl methyl sites for hydroxylation is 1. The van der Waals surface area contributed by atoms with Crippen molar-refractivity contribution >= 4 is 24.8 Å². The molecular formula is C20H28Cl2N2O. The van der Waals surface area contributed by atoms with E-state index in [9.17, 15) is 0 Å². The minimum atomic E-state index is 0. The summed E-state index contributed by atoms with van der Waals surface area (Å²) in [5.74, 6) is 1.94. The molecule has 1 aromatic heterocycles. The molecule has 2 aromatic rings. The quantitative estimate of drug-likeness (QED) is 0.835. The minimum absolute atomic E-state index is 0. The molecule has 1 atom stereocenters. The summed E-state index contributed by atoms with van der Waals surface area (Å²) in [6, 6.07) is 12.9. The lowest BCUT2D eigenvalue weighted by molar-refractivity contribution is 0.0978. The SMILES string of the molecule is Cc1ccc(-c2cccc(CN3CCCC4(CCNC4)C3)c2)o1.Cl.Cl. The first kappa shape index (κ1) is 20.3. The van der Waals surface area contributed by atoms with Crippen molar-refractivity contribution in [2.24, 2.45) is 5.41 Å². The molecule has 2 saturated heterocycles. The number of benzene rings is 1. The van der Waals surface area contributed by atoms with Crippen LogP contribution < -0.4 is 5.32 Å². The van der Waals surface area contributed by atoms with Gasteiger partial charge >= 0.3 is 0 Å². The molecule has 2 fully saturated rings. The predicted octanol–water partition coefficient (Wildman–Crippen LogP) is 4.67. The summed E-state index contributed by atoms with van der Waals surface area (Å²) in [5.41, 5.74) is 3.11. The van der Waals surface area contributed by atoms with Gasteiger partial charge in [-0.1, -0.05) is 18.2 Å². The Labute approximate surface area is 163 Å². The third kappa shape index (κ3) is 4.59. The number of halogens is 2. The monoisotopic (exact) mass is 382 g/mol. The smallest absolute Gasteiger partial charge is 0.134 e. The van der Waals surface area contributed by atoms with Crippen molar-refractivity contribution in [2.75, 3.05) is 26.2 Å². The van der Waals surface area contributed by atoms with Crippen LogP contribution in [0.2, 0.25) is 0 Å². The van der Waals surface area contributed by atoms with Gasteiger partial charge in [-0.25, -0.2) is 0 Å². The molecule has 1 spiro atoms. The second-order valence-corrected chi connectivity index (χ2v) is 7.35. The third-order valence-electron chi connectivity index (χ3n) is 5.43. The van der Waals surface area contributed by atoms with Crippen LogP contribution in [0.4, 0.5) is 0 Å². The molecule has 0 radical (unpaired) electrons. The number of rotatable bonds is 3. The predicted molar refractivity (Wildman–Crippen MR) is 108 cm³/mol. The highest BCUT2D eigenvalue weighted by Gasteiger charge is 2.37. The van der Waals surface area contributed by atoms with Crippen LogP contribution >= 0.6 is 24.8 Å². The Morgan fingerprint density at radius 2 is 2.04 bits per heavy atom. The van der Waals surface area contributed by atoms with Gasteiger partial charge in [0.25, 0.3) is 0 Å². The Morgan fingerprint density at radius 3 is 2.76 bits per heavy atom. The summed E-state index contributed by atoms with van der Waals surface area (Å²) in [6.45, 7) is 7.91. The number of furan rings is 1. The number of hydrogen-bond donors (Lipinski definition) is 1. The average molecular weight is 383 g/mol. The molecule has 0 amide bonds. The van der Waals surface area contributed by atoms with Crippen LogP contribution in [0.25, 0.3) is 11.3 Å². The fourth-order valence-corrected chi connectivity index (χ4v) is 4.26. The lowest BCUT2D eigenvalue weighted by Crippen LogP contribution is -2.43. The minimum Gasteiger partial charge on any atom is -0.461 e. The lowest BCUT2D eigenvalue weighted by Gasteiger charge is -2.40. The Balaban J connectivity index is 0.00000113. The molecule has 2 aliphatic rings. The van der Waals surface area contributed by atoms with Crippen LogP contribution in [0.15, 0.2) is 40.8 Å². The lowest BCUT2D eigenvalue weighted by atomic mass is 9.79. The molecule has 0 bridgehead atoms. The summed E-state index contributed by atoms with van der Waals surface area (Å²) < 4.78 is 5.77. The highest BCUT2D eigenvalue weighted by Crippen LogP contribution is 2.36. The maximum absolute atomic E-state index is 5.77. The Kier molecular flexibility index (Phi) is 6.98. The molecule has 0 saturated carbocycles. The first-order valence-electron chi connectivity index (χ1n) is 8.81. The summed E-state index contributed by atoms with van der Waals surface area (Å²) in [4.78, 5) is 2.64. The first-order chi connectivity index (χ1) is 11.2. The summed E-state index contributed by atoms with van der Waals surface area (Å²) >= 11 is 0. The van der Waals surface area contributed by atoms with E-state index in [1.807, 2.05) is 13.0 Å². The maximum Gasteiger partial charge on any atom is 0.134 e. The summed E-state index contributed by atoms with van der Waals surface area (Å²) in [7, 11) is 0. The number of nitrogens with one attached hydrogen (secondary N) is 1. The molecule has 4 rings (SSSR count). The van der Waals surface area contributed by atoms with Crippen molar-refractivity contribution in [3.05, 3.63) is 47.7 Å². The fourth-order valence-electron chi connectivity index (χ4n) is 4.26. The molecular weight excluding hydrogens is 355 g/mol. The van der Waals surface area contributed by atoms with Crippen molar-refractivity contribution in [1.82, 2.24) is 10.2 Å². The Morgan fingerprint density at radius 1 is 1.16 bits per heavy atom. The highest BCUT2D eigenvalue weighted by molar-refractivity contribution is 5.85. The van der Waals surface area contributed by atoms with Gasteiger partial charge in [0, 0.05) is 25.2 Å². The van der Waals surface area contributed by atoms with Crippen molar-refractivity contribution < 1.29 is 4.42 Å². The largest absolute Gasteiger partial charge is 0.461 e. The Hall–Kier alpha value is -1.000. The van der Waals surface area contributed by atoms with Crippen molar-refractivity contribution in [3.8, 4) is 11.3 Å². The van der Waals surface area contributed by atoms with Gasteiger partial charge in [-0.15, -0.1) is 24.8 Å². The van der Waals surface area contributed by atoms with E-state index < -0.39 is 0 Å². The van der Waals surface area contributed by atoms with Crippen LogP contribution in [-0.4, -0.2) is 31.1 Å². The van der Waals surface area contributed by atoms with E-state index in [1.165, 1.54) is 56.6 Å². The third-order valence-corrected chi connectivity index (χ3v) is 5.43. The molecule has 25 heavy (non-hydrogen) atoms. The van der Waals surface area contributed by atoms with Gasteiger partial charge in [0.15, 0.2) is 0 Å². The molecule has 1 aromatic carbocycles. The zero-order valence-electron chi connectivity index (χ0n) is 14.8. The maximum atomic E-state index is 5.77.